The lowest BCUT2D eigenvalue weighted by Crippen LogP contribution is -2.33. The Bertz CT molecular complexity index is 1420. The van der Waals surface area contributed by atoms with Crippen molar-refractivity contribution in [2.75, 3.05) is 6.54 Å². The summed E-state index contributed by atoms with van der Waals surface area (Å²) >= 11 is 0. The van der Waals surface area contributed by atoms with Crippen LogP contribution in [0.15, 0.2) is 85.2 Å². The van der Waals surface area contributed by atoms with Gasteiger partial charge in [-0.15, -0.1) is 0 Å². The predicted octanol–water partition coefficient (Wildman–Crippen LogP) is 3.27. The SMILES string of the molecule is O=C(NCCCc1cc[n+](Cc2ccccc2)cc1)c1cc(O)c2c(c1)C(O)c1cccc(O)c1C2O. The molecule has 0 spiro atoms. The molecule has 5 N–H and O–H groups in total. The second kappa shape index (κ2) is 10.4. The van der Waals surface area contributed by atoms with Gasteiger partial charge < -0.3 is 25.7 Å². The first-order valence-electron chi connectivity index (χ1n) is 12.3. The van der Waals surface area contributed by atoms with E-state index in [0.717, 1.165) is 19.4 Å². The lowest BCUT2D eigenvalue weighted by atomic mass is 9.80. The molecule has 37 heavy (non-hydrogen) atoms. The van der Waals surface area contributed by atoms with E-state index in [2.05, 4.69) is 46.5 Å². The van der Waals surface area contributed by atoms with Crippen LogP contribution in [-0.4, -0.2) is 32.9 Å². The number of nitrogens with zero attached hydrogens (tertiary/aromatic N) is 1. The van der Waals surface area contributed by atoms with E-state index in [4.69, 9.17) is 0 Å². The molecule has 3 aromatic carbocycles. The fourth-order valence-corrected chi connectivity index (χ4v) is 4.88. The third-order valence-electron chi connectivity index (χ3n) is 6.80. The van der Waals surface area contributed by atoms with E-state index in [0.29, 0.717) is 12.1 Å². The van der Waals surface area contributed by atoms with Crippen molar-refractivity contribution < 1.29 is 29.8 Å². The average molecular weight is 498 g/mol. The number of hydrogen-bond acceptors (Lipinski definition) is 5. The fourth-order valence-electron chi connectivity index (χ4n) is 4.88. The predicted molar refractivity (Wildman–Crippen MR) is 137 cm³/mol. The van der Waals surface area contributed by atoms with Crippen molar-refractivity contribution in [2.24, 2.45) is 0 Å². The third-order valence-corrected chi connectivity index (χ3v) is 6.80. The minimum atomic E-state index is -1.32. The van der Waals surface area contributed by atoms with Gasteiger partial charge in [-0.3, -0.25) is 4.79 Å². The summed E-state index contributed by atoms with van der Waals surface area (Å²) in [5.41, 5.74) is 3.42. The van der Waals surface area contributed by atoms with Crippen molar-refractivity contribution in [3.8, 4) is 11.5 Å². The van der Waals surface area contributed by atoms with Crippen molar-refractivity contribution >= 4 is 5.91 Å². The minimum absolute atomic E-state index is 0.0895. The number of aliphatic hydroxyl groups is 2. The minimum Gasteiger partial charge on any atom is -0.508 e. The van der Waals surface area contributed by atoms with Crippen LogP contribution in [0.3, 0.4) is 0 Å². The fraction of sp³-hybridized carbons (Fsp3) is 0.200. The van der Waals surface area contributed by atoms with Gasteiger partial charge in [0.25, 0.3) is 5.91 Å². The van der Waals surface area contributed by atoms with Crippen LogP contribution in [0.2, 0.25) is 0 Å². The number of hydrogen-bond donors (Lipinski definition) is 5. The number of carbonyl (C=O) groups excluding carboxylic acids is 1. The van der Waals surface area contributed by atoms with Crippen LogP contribution in [0, 0.1) is 0 Å². The summed E-state index contributed by atoms with van der Waals surface area (Å²) in [6, 6.07) is 21.7. The highest BCUT2D eigenvalue weighted by Crippen LogP contribution is 2.47. The molecule has 2 atom stereocenters. The normalized spacial score (nSPS) is 16.1. The van der Waals surface area contributed by atoms with Crippen LogP contribution in [0.5, 0.6) is 11.5 Å². The number of rotatable bonds is 7. The van der Waals surface area contributed by atoms with Crippen LogP contribution in [0.25, 0.3) is 0 Å². The summed E-state index contributed by atoms with van der Waals surface area (Å²) in [6.07, 6.45) is 3.13. The zero-order valence-corrected chi connectivity index (χ0v) is 20.2. The molecule has 0 radical (unpaired) electrons. The molecule has 2 unspecified atom stereocenters. The maximum absolute atomic E-state index is 12.8. The number of phenols is 2. The highest BCUT2D eigenvalue weighted by atomic mass is 16.3. The van der Waals surface area contributed by atoms with Gasteiger partial charge in [-0.25, -0.2) is 4.57 Å². The quantitative estimate of drug-likeness (QED) is 0.199. The molecule has 1 aliphatic carbocycles. The van der Waals surface area contributed by atoms with Gasteiger partial charge in [0.2, 0.25) is 0 Å². The largest absolute Gasteiger partial charge is 0.508 e. The molecule has 4 aromatic rings. The maximum Gasteiger partial charge on any atom is 0.251 e. The van der Waals surface area contributed by atoms with Crippen LogP contribution in [0.4, 0.5) is 0 Å². The van der Waals surface area contributed by atoms with Crippen molar-refractivity contribution in [1.29, 1.82) is 0 Å². The van der Waals surface area contributed by atoms with Crippen LogP contribution in [0.1, 0.15) is 62.4 Å². The lowest BCUT2D eigenvalue weighted by molar-refractivity contribution is -0.688. The van der Waals surface area contributed by atoms with E-state index in [9.17, 15) is 25.2 Å². The number of benzene rings is 3. The number of phenolic OH excluding ortho intramolecular Hbond substituents is 2. The first kappa shape index (κ1) is 24.5. The number of nitrogens with one attached hydrogen (secondary N) is 1. The van der Waals surface area contributed by atoms with Gasteiger partial charge in [-0.1, -0.05) is 42.5 Å². The Morgan fingerprint density at radius 3 is 2.27 bits per heavy atom. The van der Waals surface area contributed by atoms with E-state index in [1.165, 1.54) is 29.3 Å². The second-order valence-electron chi connectivity index (χ2n) is 9.31. The molecule has 0 saturated heterocycles. The zero-order chi connectivity index (χ0) is 25.9. The summed E-state index contributed by atoms with van der Waals surface area (Å²) in [6.45, 7) is 1.25. The maximum atomic E-state index is 12.8. The van der Waals surface area contributed by atoms with Gasteiger partial charge in [0.15, 0.2) is 18.9 Å². The topological polar surface area (TPSA) is 114 Å². The smallest absolute Gasteiger partial charge is 0.251 e. The van der Waals surface area contributed by atoms with Crippen LogP contribution < -0.4 is 9.88 Å². The van der Waals surface area contributed by atoms with Gasteiger partial charge in [-0.05, 0) is 47.7 Å². The highest BCUT2D eigenvalue weighted by Gasteiger charge is 2.35. The number of aryl methyl sites for hydroxylation is 1. The molecule has 7 heteroatoms. The number of aromatic nitrogens is 1. The third kappa shape index (κ3) is 5.05. The summed E-state index contributed by atoms with van der Waals surface area (Å²) < 4.78 is 2.12. The van der Waals surface area contributed by atoms with E-state index >= 15 is 0 Å². The molecule has 5 rings (SSSR count). The van der Waals surface area contributed by atoms with Crippen LogP contribution >= 0.6 is 0 Å². The first-order chi connectivity index (χ1) is 17.9. The van der Waals surface area contributed by atoms with Crippen molar-refractivity contribution in [1.82, 2.24) is 5.32 Å². The molecule has 0 aliphatic heterocycles. The Kier molecular flexibility index (Phi) is 6.90. The second-order valence-corrected chi connectivity index (χ2v) is 9.31. The van der Waals surface area contributed by atoms with Gasteiger partial charge in [0.05, 0.1) is 0 Å². The van der Waals surface area contributed by atoms with Crippen molar-refractivity contribution in [2.45, 2.75) is 31.6 Å². The Hall–Kier alpha value is -4.20. The van der Waals surface area contributed by atoms with Crippen molar-refractivity contribution in [3.05, 3.63) is 124 Å². The molecule has 0 fully saturated rings. The Balaban J connectivity index is 1.19. The average Bonchev–Trinajstić information content (AvgIpc) is 2.90. The molecule has 7 nitrogen and oxygen atoms in total. The van der Waals surface area contributed by atoms with Crippen molar-refractivity contribution in [3.63, 3.8) is 0 Å². The number of pyridine rings is 1. The molecule has 1 amide bonds. The molecule has 188 valence electrons. The number of amides is 1. The number of aliphatic hydroxyl groups excluding tert-OH is 2. The molecule has 0 saturated carbocycles. The molecule has 1 aliphatic rings. The standard InChI is InChI=1S/C30H28N2O5/c33-24-10-4-9-22-26(24)29(36)27-23(28(22)35)16-21(17-25(27)34)30(37)31-13-5-8-19-11-14-32(15-12-19)18-20-6-2-1-3-7-20/h1-4,6-7,9-12,14-17,28-29,35-36H,5,8,13,18H2,(H2-,31,33,34,37)/p+1. The molecule has 1 aromatic heterocycles. The summed E-state index contributed by atoms with van der Waals surface area (Å²) in [4.78, 5) is 12.8. The van der Waals surface area contributed by atoms with E-state index in [1.807, 2.05) is 18.2 Å². The van der Waals surface area contributed by atoms with Crippen LogP contribution in [-0.2, 0) is 13.0 Å². The molecule has 0 bridgehead atoms. The van der Waals surface area contributed by atoms with Gasteiger partial charge in [-0.2, -0.15) is 0 Å². The van der Waals surface area contributed by atoms with Gasteiger partial charge >= 0.3 is 0 Å². The molecular formula is C30H29N2O5+. The Morgan fingerprint density at radius 2 is 1.51 bits per heavy atom. The van der Waals surface area contributed by atoms with Gasteiger partial charge in [0.1, 0.15) is 23.7 Å². The van der Waals surface area contributed by atoms with E-state index in [-0.39, 0.29) is 39.7 Å². The van der Waals surface area contributed by atoms with E-state index < -0.39 is 12.2 Å². The lowest BCUT2D eigenvalue weighted by Gasteiger charge is -2.30. The molecular weight excluding hydrogens is 468 g/mol. The number of aromatic hydroxyl groups is 2. The zero-order valence-electron chi connectivity index (χ0n) is 20.2. The Labute approximate surface area is 214 Å². The summed E-state index contributed by atoms with van der Waals surface area (Å²) in [5.74, 6) is -0.855. The highest BCUT2D eigenvalue weighted by molar-refractivity contribution is 5.95. The van der Waals surface area contributed by atoms with E-state index in [1.54, 1.807) is 12.1 Å². The number of carbonyl (C=O) groups is 1. The Morgan fingerprint density at radius 1 is 0.784 bits per heavy atom. The number of fused-ring (bicyclic) bond motifs is 2. The van der Waals surface area contributed by atoms with Gasteiger partial charge in [0, 0.05) is 40.9 Å². The first-order valence-corrected chi connectivity index (χ1v) is 12.3. The molecule has 1 heterocycles. The summed E-state index contributed by atoms with van der Waals surface area (Å²) in [5, 5.41) is 45.2. The summed E-state index contributed by atoms with van der Waals surface area (Å²) in [7, 11) is 0. The monoisotopic (exact) mass is 497 g/mol.